The van der Waals surface area contributed by atoms with E-state index in [1.165, 1.54) is 0 Å². The van der Waals surface area contributed by atoms with Crippen LogP contribution in [0.5, 0.6) is 0 Å². The quantitative estimate of drug-likeness (QED) is 0.704. The van der Waals surface area contributed by atoms with Crippen LogP contribution < -0.4 is 11.1 Å². The van der Waals surface area contributed by atoms with Gasteiger partial charge in [-0.2, -0.15) is 5.10 Å². The van der Waals surface area contributed by atoms with Gasteiger partial charge in [-0.1, -0.05) is 12.2 Å². The largest absolute Gasteiger partial charge is 0.389 e. The fourth-order valence-electron chi connectivity index (χ4n) is 0.911. The van der Waals surface area contributed by atoms with E-state index in [1.54, 1.807) is 12.3 Å². The lowest BCUT2D eigenvalue weighted by Crippen LogP contribution is -2.18. The molecule has 0 aliphatic carbocycles. The fourth-order valence-corrected chi connectivity index (χ4v) is 1.08. The predicted octanol–water partition coefficient (Wildman–Crippen LogP) is 0.931. The highest BCUT2D eigenvalue weighted by Gasteiger charge is 2.06. The lowest BCUT2D eigenvalue weighted by molar-refractivity contribution is 0.872. The average molecular weight is 196 g/mol. The van der Waals surface area contributed by atoms with Crippen molar-refractivity contribution < 1.29 is 0 Å². The normalized spacial score (nSPS) is 10.1. The van der Waals surface area contributed by atoms with E-state index in [1.807, 2.05) is 13.8 Å². The van der Waals surface area contributed by atoms with E-state index in [-0.39, 0.29) is 6.04 Å². The van der Waals surface area contributed by atoms with Crippen molar-refractivity contribution in [2.24, 2.45) is 5.73 Å². The summed E-state index contributed by atoms with van der Waals surface area (Å²) in [6, 6.07) is 2.03. The van der Waals surface area contributed by atoms with Gasteiger partial charge in [0, 0.05) is 6.04 Å². The Morgan fingerprint density at radius 3 is 2.85 bits per heavy atom. The summed E-state index contributed by atoms with van der Waals surface area (Å²) >= 11 is 4.87. The maximum Gasteiger partial charge on any atom is 0.159 e. The lowest BCUT2D eigenvalue weighted by atomic mass is 10.2. The molecule has 70 valence electrons. The van der Waals surface area contributed by atoms with Crippen molar-refractivity contribution in [2.75, 3.05) is 5.32 Å². The molecule has 5 heteroatoms. The van der Waals surface area contributed by atoms with E-state index in [0.717, 1.165) is 5.56 Å². The summed E-state index contributed by atoms with van der Waals surface area (Å²) in [5.41, 5.74) is 6.25. The van der Waals surface area contributed by atoms with Gasteiger partial charge in [0.15, 0.2) is 5.82 Å². The van der Waals surface area contributed by atoms with Crippen molar-refractivity contribution in [3.05, 3.63) is 17.8 Å². The molecule has 0 aliphatic heterocycles. The second kappa shape index (κ2) is 4.13. The lowest BCUT2D eigenvalue weighted by Gasteiger charge is -2.11. The maximum atomic E-state index is 5.51. The van der Waals surface area contributed by atoms with Crippen LogP contribution in [0, 0.1) is 0 Å². The van der Waals surface area contributed by atoms with Gasteiger partial charge < -0.3 is 11.1 Å². The van der Waals surface area contributed by atoms with Crippen LogP contribution in [0.4, 0.5) is 5.82 Å². The third kappa shape index (κ3) is 2.62. The van der Waals surface area contributed by atoms with Crippen molar-refractivity contribution in [2.45, 2.75) is 19.9 Å². The van der Waals surface area contributed by atoms with Crippen molar-refractivity contribution in [3.63, 3.8) is 0 Å². The molecular weight excluding hydrogens is 184 g/mol. The number of rotatable bonds is 3. The summed E-state index contributed by atoms with van der Waals surface area (Å²) in [5, 5.41) is 10.8. The van der Waals surface area contributed by atoms with Crippen LogP contribution in [0.2, 0.25) is 0 Å². The summed E-state index contributed by atoms with van der Waals surface area (Å²) in [6.45, 7) is 4.02. The topological polar surface area (TPSA) is 63.8 Å². The van der Waals surface area contributed by atoms with E-state index < -0.39 is 0 Å². The number of nitrogens with two attached hydrogens (primary N) is 1. The second-order valence-electron chi connectivity index (χ2n) is 2.96. The second-order valence-corrected chi connectivity index (χ2v) is 3.40. The summed E-state index contributed by atoms with van der Waals surface area (Å²) in [5.74, 6) is 0.644. The van der Waals surface area contributed by atoms with Crippen molar-refractivity contribution in [1.82, 2.24) is 10.2 Å². The number of hydrogen-bond acceptors (Lipinski definition) is 4. The first kappa shape index (κ1) is 9.85. The van der Waals surface area contributed by atoms with Crippen molar-refractivity contribution in [1.29, 1.82) is 0 Å². The molecule has 0 amide bonds. The van der Waals surface area contributed by atoms with Gasteiger partial charge in [-0.3, -0.25) is 0 Å². The van der Waals surface area contributed by atoms with Crippen LogP contribution in [0.15, 0.2) is 12.3 Å². The molecule has 1 heterocycles. The first-order valence-corrected chi connectivity index (χ1v) is 4.40. The van der Waals surface area contributed by atoms with Crippen LogP contribution in [-0.4, -0.2) is 21.2 Å². The molecule has 0 saturated carbocycles. The molecule has 1 aromatic rings. The Kier molecular flexibility index (Phi) is 3.13. The number of nitrogens with one attached hydrogen (secondary N) is 1. The fraction of sp³-hybridized carbons (Fsp3) is 0.375. The smallest absolute Gasteiger partial charge is 0.159 e. The minimum absolute atomic E-state index is 0.282. The zero-order chi connectivity index (χ0) is 9.84. The number of thiocarbonyl (C=S) groups is 1. The molecule has 3 N–H and O–H groups in total. The number of nitrogens with zero attached hydrogens (tertiary/aromatic N) is 2. The predicted molar refractivity (Wildman–Crippen MR) is 56.7 cm³/mol. The third-order valence-corrected chi connectivity index (χ3v) is 1.63. The molecule has 0 radical (unpaired) electrons. The van der Waals surface area contributed by atoms with Crippen molar-refractivity contribution in [3.8, 4) is 0 Å². The van der Waals surface area contributed by atoms with Crippen LogP contribution in [-0.2, 0) is 0 Å². The van der Waals surface area contributed by atoms with Gasteiger partial charge in [0.2, 0.25) is 0 Å². The molecule has 1 aromatic heterocycles. The molecule has 1 rings (SSSR count). The average Bonchev–Trinajstić information content (AvgIpc) is 2.03. The Hall–Kier alpha value is -1.23. The Bertz CT molecular complexity index is 311. The SMILES string of the molecule is CC(C)Nc1nnccc1C(N)=S. The molecule has 0 aliphatic rings. The highest BCUT2D eigenvalue weighted by Crippen LogP contribution is 2.10. The number of hydrogen-bond donors (Lipinski definition) is 2. The highest BCUT2D eigenvalue weighted by atomic mass is 32.1. The van der Waals surface area contributed by atoms with Gasteiger partial charge in [0.25, 0.3) is 0 Å². The van der Waals surface area contributed by atoms with Crippen LogP contribution in [0.25, 0.3) is 0 Å². The van der Waals surface area contributed by atoms with Crippen molar-refractivity contribution >= 4 is 23.0 Å². The van der Waals surface area contributed by atoms with Gasteiger partial charge in [-0.15, -0.1) is 5.10 Å². The van der Waals surface area contributed by atoms with E-state index in [0.29, 0.717) is 10.8 Å². The van der Waals surface area contributed by atoms with Crippen LogP contribution in [0.1, 0.15) is 19.4 Å². The molecule has 0 unspecified atom stereocenters. The highest BCUT2D eigenvalue weighted by molar-refractivity contribution is 7.80. The zero-order valence-corrected chi connectivity index (χ0v) is 8.43. The molecule has 4 nitrogen and oxygen atoms in total. The van der Waals surface area contributed by atoms with Gasteiger partial charge in [0.05, 0.1) is 11.8 Å². The van der Waals surface area contributed by atoms with E-state index in [2.05, 4.69) is 15.5 Å². The molecule has 0 bridgehead atoms. The third-order valence-electron chi connectivity index (χ3n) is 1.41. The summed E-state index contributed by atoms with van der Waals surface area (Å²) < 4.78 is 0. The van der Waals surface area contributed by atoms with Gasteiger partial charge >= 0.3 is 0 Å². The van der Waals surface area contributed by atoms with Gasteiger partial charge in [0.1, 0.15) is 4.99 Å². The molecule has 0 atom stereocenters. The molecule has 0 spiro atoms. The first-order valence-electron chi connectivity index (χ1n) is 3.99. The Morgan fingerprint density at radius 1 is 1.62 bits per heavy atom. The molecular formula is C8H12N4S. The molecule has 0 fully saturated rings. The maximum absolute atomic E-state index is 5.51. The molecule has 0 saturated heterocycles. The van der Waals surface area contributed by atoms with Crippen LogP contribution >= 0.6 is 12.2 Å². The monoisotopic (exact) mass is 196 g/mol. The van der Waals surface area contributed by atoms with Crippen LogP contribution in [0.3, 0.4) is 0 Å². The minimum Gasteiger partial charge on any atom is -0.389 e. The van der Waals surface area contributed by atoms with Gasteiger partial charge in [-0.25, -0.2) is 0 Å². The summed E-state index contributed by atoms with van der Waals surface area (Å²) in [4.78, 5) is 0.332. The van der Waals surface area contributed by atoms with E-state index in [4.69, 9.17) is 18.0 Å². The molecule has 13 heavy (non-hydrogen) atoms. The number of aromatic nitrogens is 2. The first-order chi connectivity index (χ1) is 6.11. The van der Waals surface area contributed by atoms with E-state index >= 15 is 0 Å². The zero-order valence-electron chi connectivity index (χ0n) is 7.61. The van der Waals surface area contributed by atoms with Gasteiger partial charge in [-0.05, 0) is 19.9 Å². The standard InChI is InChI=1S/C8H12N4S/c1-5(2)11-8-6(7(9)13)3-4-10-12-8/h3-5H,1-2H3,(H2,9,13)(H,11,12). The Morgan fingerprint density at radius 2 is 2.31 bits per heavy atom. The summed E-state index contributed by atoms with van der Waals surface area (Å²) in [6.07, 6.45) is 1.57. The van der Waals surface area contributed by atoms with E-state index in [9.17, 15) is 0 Å². The minimum atomic E-state index is 0.282. The Balaban J connectivity index is 2.98. The number of anilines is 1. The Labute approximate surface area is 82.5 Å². The molecule has 0 aromatic carbocycles. The summed E-state index contributed by atoms with van der Waals surface area (Å²) in [7, 11) is 0.